The smallest absolute Gasteiger partial charge is 0.161 e. The van der Waals surface area contributed by atoms with E-state index in [0.29, 0.717) is 5.75 Å². The highest BCUT2D eigenvalue weighted by Crippen LogP contribution is 2.34. The summed E-state index contributed by atoms with van der Waals surface area (Å²) in [5, 5.41) is 17.4. The first-order chi connectivity index (χ1) is 10.2. The zero-order valence-electron chi connectivity index (χ0n) is 12.5. The highest BCUT2D eigenvalue weighted by atomic mass is 16.5. The van der Waals surface area contributed by atoms with Crippen LogP contribution in [0.1, 0.15) is 24.6 Å². The van der Waals surface area contributed by atoms with Gasteiger partial charge in [0.25, 0.3) is 0 Å². The van der Waals surface area contributed by atoms with E-state index in [1.165, 1.54) is 11.3 Å². The number of methoxy groups -OCH3 is 1. The Morgan fingerprint density at radius 2 is 2.29 bits per heavy atom. The van der Waals surface area contributed by atoms with E-state index in [1.807, 2.05) is 12.1 Å². The maximum Gasteiger partial charge on any atom is 0.161 e. The molecule has 0 bridgehead atoms. The third kappa shape index (κ3) is 2.61. The summed E-state index contributed by atoms with van der Waals surface area (Å²) in [6, 6.07) is 5.37. The van der Waals surface area contributed by atoms with Gasteiger partial charge in [-0.15, -0.1) is 0 Å². The fraction of sp³-hybridized carbons (Fsp3) is 0.438. The van der Waals surface area contributed by atoms with Crippen molar-refractivity contribution in [2.24, 2.45) is 0 Å². The van der Waals surface area contributed by atoms with Gasteiger partial charge in [0.2, 0.25) is 0 Å². The summed E-state index contributed by atoms with van der Waals surface area (Å²) < 4.78 is 5.19. The van der Waals surface area contributed by atoms with E-state index >= 15 is 0 Å². The number of ether oxygens (including phenoxy) is 1. The van der Waals surface area contributed by atoms with Gasteiger partial charge in [-0.2, -0.15) is 5.10 Å². The van der Waals surface area contributed by atoms with Crippen molar-refractivity contribution in [2.45, 2.75) is 26.3 Å². The number of H-pyrrole nitrogens is 1. The summed E-state index contributed by atoms with van der Waals surface area (Å²) in [4.78, 5) is 2.46. The number of hydrogen-bond acceptors (Lipinski definition) is 4. The lowest BCUT2D eigenvalue weighted by Gasteiger charge is -2.26. The Morgan fingerprint density at radius 3 is 3.05 bits per heavy atom. The number of benzene rings is 1. The molecule has 1 aromatic carbocycles. The molecular weight excluding hydrogens is 266 g/mol. The van der Waals surface area contributed by atoms with Crippen LogP contribution in [0.3, 0.4) is 0 Å². The van der Waals surface area contributed by atoms with Crippen LogP contribution >= 0.6 is 0 Å². The lowest BCUT2D eigenvalue weighted by atomic mass is 10.0. The Hall–Kier alpha value is -2.01. The quantitative estimate of drug-likeness (QED) is 0.907. The fourth-order valence-electron chi connectivity index (χ4n) is 2.92. The molecule has 0 unspecified atom stereocenters. The van der Waals surface area contributed by atoms with Crippen molar-refractivity contribution in [3.05, 3.63) is 29.5 Å². The van der Waals surface area contributed by atoms with Crippen LogP contribution in [-0.4, -0.2) is 40.4 Å². The molecule has 5 nitrogen and oxygen atoms in total. The van der Waals surface area contributed by atoms with Crippen LogP contribution in [0.5, 0.6) is 11.5 Å². The second-order valence-corrected chi connectivity index (χ2v) is 5.44. The van der Waals surface area contributed by atoms with Crippen molar-refractivity contribution in [1.29, 1.82) is 0 Å². The first kappa shape index (κ1) is 13.9. The highest BCUT2D eigenvalue weighted by molar-refractivity contribution is 5.67. The molecule has 0 spiro atoms. The lowest BCUT2D eigenvalue weighted by Crippen LogP contribution is -2.31. The van der Waals surface area contributed by atoms with Gasteiger partial charge in [-0.1, -0.05) is 6.92 Å². The maximum absolute atomic E-state index is 9.72. The average Bonchev–Trinajstić information content (AvgIpc) is 2.91. The minimum absolute atomic E-state index is 0.151. The standard InChI is InChI=1S/C16H21N3O2/c1-3-7-19-8-6-13-12(10-19)16(18-17-13)11-4-5-14(20)15(9-11)21-2/h4-5,9,20H,3,6-8,10H2,1-2H3,(H,17,18). The number of fused-ring (bicyclic) bond motifs is 1. The highest BCUT2D eigenvalue weighted by Gasteiger charge is 2.22. The Balaban J connectivity index is 1.96. The molecule has 21 heavy (non-hydrogen) atoms. The van der Waals surface area contributed by atoms with E-state index in [1.54, 1.807) is 13.2 Å². The number of phenolic OH excluding ortho intramolecular Hbond substituents is 1. The Labute approximate surface area is 124 Å². The van der Waals surface area contributed by atoms with Gasteiger partial charge in [0.05, 0.1) is 12.8 Å². The maximum atomic E-state index is 9.72. The number of aromatic hydroxyl groups is 1. The molecule has 0 amide bonds. The molecule has 2 heterocycles. The van der Waals surface area contributed by atoms with E-state index in [-0.39, 0.29) is 5.75 Å². The summed E-state index contributed by atoms with van der Waals surface area (Å²) in [6.45, 7) is 5.33. The van der Waals surface area contributed by atoms with Crippen LogP contribution in [-0.2, 0) is 13.0 Å². The monoisotopic (exact) mass is 287 g/mol. The van der Waals surface area contributed by atoms with E-state index in [4.69, 9.17) is 4.74 Å². The summed E-state index contributed by atoms with van der Waals surface area (Å²) in [6.07, 6.45) is 2.17. The minimum Gasteiger partial charge on any atom is -0.504 e. The van der Waals surface area contributed by atoms with Crippen molar-refractivity contribution in [2.75, 3.05) is 20.2 Å². The first-order valence-electron chi connectivity index (χ1n) is 7.38. The van der Waals surface area contributed by atoms with Crippen molar-refractivity contribution in [3.63, 3.8) is 0 Å². The Morgan fingerprint density at radius 1 is 1.43 bits per heavy atom. The topological polar surface area (TPSA) is 61.4 Å². The van der Waals surface area contributed by atoms with Gasteiger partial charge >= 0.3 is 0 Å². The number of aromatic amines is 1. The summed E-state index contributed by atoms with van der Waals surface area (Å²) in [5.41, 5.74) is 4.43. The average molecular weight is 287 g/mol. The molecule has 0 saturated carbocycles. The zero-order chi connectivity index (χ0) is 14.8. The number of nitrogens with one attached hydrogen (secondary N) is 1. The normalized spacial score (nSPS) is 15.0. The summed E-state index contributed by atoms with van der Waals surface area (Å²) in [7, 11) is 1.56. The molecule has 5 heteroatoms. The Kier molecular flexibility index (Phi) is 3.84. The molecule has 0 saturated heterocycles. The molecular formula is C16H21N3O2. The molecule has 0 aliphatic carbocycles. The van der Waals surface area contributed by atoms with E-state index in [0.717, 1.165) is 43.7 Å². The third-order valence-corrected chi connectivity index (χ3v) is 4.01. The molecule has 1 aromatic heterocycles. The second kappa shape index (κ2) is 5.77. The van der Waals surface area contributed by atoms with Gasteiger partial charge in [0.1, 0.15) is 0 Å². The molecule has 0 atom stereocenters. The van der Waals surface area contributed by atoms with Gasteiger partial charge < -0.3 is 9.84 Å². The van der Waals surface area contributed by atoms with Crippen molar-refractivity contribution < 1.29 is 9.84 Å². The van der Waals surface area contributed by atoms with Crippen molar-refractivity contribution in [1.82, 2.24) is 15.1 Å². The number of phenols is 1. The SMILES string of the molecule is CCCN1CCc2[nH]nc(-c3ccc(O)c(OC)c3)c2C1. The predicted molar refractivity (Wildman–Crippen MR) is 81.5 cm³/mol. The van der Waals surface area contributed by atoms with E-state index in [9.17, 15) is 5.11 Å². The van der Waals surface area contributed by atoms with Gasteiger partial charge in [-0.3, -0.25) is 10.00 Å². The first-order valence-corrected chi connectivity index (χ1v) is 7.38. The molecule has 0 radical (unpaired) electrons. The summed E-state index contributed by atoms with van der Waals surface area (Å²) in [5.74, 6) is 0.628. The van der Waals surface area contributed by atoms with Crippen molar-refractivity contribution >= 4 is 0 Å². The largest absolute Gasteiger partial charge is 0.504 e. The molecule has 2 N–H and O–H groups in total. The van der Waals surface area contributed by atoms with Crippen LogP contribution in [0.25, 0.3) is 11.3 Å². The van der Waals surface area contributed by atoms with Crippen LogP contribution in [0.15, 0.2) is 18.2 Å². The van der Waals surface area contributed by atoms with Crippen LogP contribution in [0, 0.1) is 0 Å². The van der Waals surface area contributed by atoms with E-state index in [2.05, 4.69) is 22.0 Å². The minimum atomic E-state index is 0.151. The van der Waals surface area contributed by atoms with Crippen LogP contribution in [0.2, 0.25) is 0 Å². The molecule has 2 aromatic rings. The molecule has 1 aliphatic heterocycles. The number of rotatable bonds is 4. The fourth-order valence-corrected chi connectivity index (χ4v) is 2.92. The van der Waals surface area contributed by atoms with Gasteiger partial charge in [-0.25, -0.2) is 0 Å². The van der Waals surface area contributed by atoms with Gasteiger partial charge in [0.15, 0.2) is 11.5 Å². The Bertz CT molecular complexity index is 636. The zero-order valence-corrected chi connectivity index (χ0v) is 12.5. The molecule has 3 rings (SSSR count). The number of nitrogens with zero attached hydrogens (tertiary/aromatic N) is 2. The van der Waals surface area contributed by atoms with Crippen LogP contribution < -0.4 is 4.74 Å². The van der Waals surface area contributed by atoms with Crippen LogP contribution in [0.4, 0.5) is 0 Å². The number of hydrogen-bond donors (Lipinski definition) is 2. The molecule has 1 aliphatic rings. The second-order valence-electron chi connectivity index (χ2n) is 5.44. The van der Waals surface area contributed by atoms with Crippen molar-refractivity contribution in [3.8, 4) is 22.8 Å². The molecule has 0 fully saturated rings. The number of aromatic nitrogens is 2. The van der Waals surface area contributed by atoms with E-state index < -0.39 is 0 Å². The predicted octanol–water partition coefficient (Wildman–Crippen LogP) is 2.56. The summed E-state index contributed by atoms with van der Waals surface area (Å²) >= 11 is 0. The lowest BCUT2D eigenvalue weighted by molar-refractivity contribution is 0.254. The van der Waals surface area contributed by atoms with Gasteiger partial charge in [-0.05, 0) is 31.2 Å². The van der Waals surface area contributed by atoms with Gasteiger partial charge in [0, 0.05) is 36.3 Å². The third-order valence-electron chi connectivity index (χ3n) is 4.01. The molecule has 112 valence electrons.